The number of piperazine rings is 1. The lowest BCUT2D eigenvalue weighted by Gasteiger charge is -2.34. The van der Waals surface area contributed by atoms with Gasteiger partial charge in [-0.3, -0.25) is 9.69 Å². The van der Waals surface area contributed by atoms with Gasteiger partial charge in [-0.15, -0.1) is 0 Å². The van der Waals surface area contributed by atoms with E-state index in [4.69, 9.17) is 0 Å². The highest BCUT2D eigenvalue weighted by atomic mass is 16.5. The molecular formula is C17H26N2O2. The van der Waals surface area contributed by atoms with E-state index in [0.717, 1.165) is 39.3 Å². The molecule has 0 unspecified atom stereocenters. The number of carbonyl (C=O) groups is 1. The average Bonchev–Trinajstić information content (AvgIpc) is 2.45. The number of ether oxygens (including phenoxy) is 1. The van der Waals surface area contributed by atoms with E-state index in [2.05, 4.69) is 46.6 Å². The predicted molar refractivity (Wildman–Crippen MR) is 84.3 cm³/mol. The normalized spacial score (nSPS) is 16.9. The van der Waals surface area contributed by atoms with E-state index >= 15 is 0 Å². The molecule has 0 amide bonds. The summed E-state index contributed by atoms with van der Waals surface area (Å²) in [5.41, 5.74) is 4.07. The first-order valence-electron chi connectivity index (χ1n) is 7.65. The predicted octanol–water partition coefficient (Wildman–Crippen LogP) is 1.98. The van der Waals surface area contributed by atoms with Crippen molar-refractivity contribution in [3.63, 3.8) is 0 Å². The van der Waals surface area contributed by atoms with Crippen LogP contribution >= 0.6 is 0 Å². The summed E-state index contributed by atoms with van der Waals surface area (Å²) >= 11 is 0. The Balaban J connectivity index is 1.77. The van der Waals surface area contributed by atoms with Crippen LogP contribution < -0.4 is 0 Å². The highest BCUT2D eigenvalue weighted by Gasteiger charge is 2.17. The molecule has 0 N–H and O–H groups in total. The van der Waals surface area contributed by atoms with Crippen LogP contribution in [0.25, 0.3) is 0 Å². The third-order valence-corrected chi connectivity index (χ3v) is 4.01. The monoisotopic (exact) mass is 290 g/mol. The van der Waals surface area contributed by atoms with Crippen LogP contribution in [0, 0.1) is 13.8 Å². The van der Waals surface area contributed by atoms with Crippen LogP contribution in [0.1, 0.15) is 23.1 Å². The minimum absolute atomic E-state index is 0.118. The summed E-state index contributed by atoms with van der Waals surface area (Å²) < 4.78 is 4.69. The second-order valence-corrected chi connectivity index (χ2v) is 5.94. The Morgan fingerprint density at radius 2 is 1.62 bits per heavy atom. The molecule has 1 aromatic rings. The zero-order valence-electron chi connectivity index (χ0n) is 13.4. The smallest absolute Gasteiger partial charge is 0.306 e. The van der Waals surface area contributed by atoms with Gasteiger partial charge in [0.25, 0.3) is 0 Å². The number of hydrogen-bond acceptors (Lipinski definition) is 4. The molecule has 1 aliphatic heterocycles. The van der Waals surface area contributed by atoms with E-state index in [9.17, 15) is 4.79 Å². The summed E-state index contributed by atoms with van der Waals surface area (Å²) in [6.07, 6.45) is 0.494. The molecule has 4 nitrogen and oxygen atoms in total. The van der Waals surface area contributed by atoms with E-state index in [1.807, 2.05) is 0 Å². The molecule has 0 saturated carbocycles. The first-order valence-corrected chi connectivity index (χ1v) is 7.65. The van der Waals surface area contributed by atoms with E-state index in [-0.39, 0.29) is 5.97 Å². The molecule has 1 saturated heterocycles. The first kappa shape index (κ1) is 16.0. The van der Waals surface area contributed by atoms with Crippen LogP contribution in [0.4, 0.5) is 0 Å². The maximum atomic E-state index is 11.2. The van der Waals surface area contributed by atoms with Crippen molar-refractivity contribution < 1.29 is 9.53 Å². The highest BCUT2D eigenvalue weighted by molar-refractivity contribution is 5.69. The number of benzene rings is 1. The Labute approximate surface area is 127 Å². The maximum absolute atomic E-state index is 11.2. The van der Waals surface area contributed by atoms with Gasteiger partial charge in [0.2, 0.25) is 0 Å². The molecule has 2 rings (SSSR count). The van der Waals surface area contributed by atoms with Crippen molar-refractivity contribution in [1.82, 2.24) is 9.80 Å². The minimum Gasteiger partial charge on any atom is -0.469 e. The summed E-state index contributed by atoms with van der Waals surface area (Å²) in [5, 5.41) is 0. The number of rotatable bonds is 5. The standard InChI is InChI=1S/C17H26N2O2/c1-14-10-15(2)12-16(11-14)13-19-8-6-18(7-9-19)5-4-17(20)21-3/h10-12H,4-9,13H2,1-3H3. The molecule has 1 aromatic carbocycles. The number of nitrogens with zero attached hydrogens (tertiary/aromatic N) is 2. The van der Waals surface area contributed by atoms with Crippen LogP contribution in [0.5, 0.6) is 0 Å². The molecule has 0 spiro atoms. The molecule has 0 radical (unpaired) electrons. The van der Waals surface area contributed by atoms with Crippen molar-refractivity contribution in [2.75, 3.05) is 39.8 Å². The second kappa shape index (κ2) is 7.57. The van der Waals surface area contributed by atoms with Crippen LogP contribution in [0.15, 0.2) is 18.2 Å². The van der Waals surface area contributed by atoms with Crippen LogP contribution in [-0.4, -0.2) is 55.6 Å². The van der Waals surface area contributed by atoms with Gasteiger partial charge in [-0.2, -0.15) is 0 Å². The van der Waals surface area contributed by atoms with Gasteiger partial charge in [-0.1, -0.05) is 29.3 Å². The maximum Gasteiger partial charge on any atom is 0.306 e. The van der Waals surface area contributed by atoms with E-state index < -0.39 is 0 Å². The summed E-state index contributed by atoms with van der Waals surface area (Å²) in [7, 11) is 1.45. The zero-order chi connectivity index (χ0) is 15.2. The Kier molecular flexibility index (Phi) is 5.76. The van der Waals surface area contributed by atoms with E-state index in [0.29, 0.717) is 6.42 Å². The Hall–Kier alpha value is -1.39. The van der Waals surface area contributed by atoms with Crippen molar-refractivity contribution in [2.45, 2.75) is 26.8 Å². The molecule has 21 heavy (non-hydrogen) atoms. The van der Waals surface area contributed by atoms with Gasteiger partial charge in [-0.05, 0) is 19.4 Å². The molecule has 1 heterocycles. The van der Waals surface area contributed by atoms with Gasteiger partial charge < -0.3 is 9.64 Å². The van der Waals surface area contributed by atoms with Crippen molar-refractivity contribution in [3.05, 3.63) is 34.9 Å². The van der Waals surface area contributed by atoms with Gasteiger partial charge in [0, 0.05) is 39.3 Å². The molecule has 1 aliphatic rings. The Morgan fingerprint density at radius 1 is 1.05 bits per heavy atom. The Bertz CT molecular complexity index is 459. The number of hydrogen-bond donors (Lipinski definition) is 0. The molecule has 4 heteroatoms. The highest BCUT2D eigenvalue weighted by Crippen LogP contribution is 2.13. The van der Waals surface area contributed by atoms with Gasteiger partial charge in [0.1, 0.15) is 0 Å². The number of methoxy groups -OCH3 is 1. The fourth-order valence-electron chi connectivity index (χ4n) is 2.94. The van der Waals surface area contributed by atoms with Crippen molar-refractivity contribution in [1.29, 1.82) is 0 Å². The molecule has 1 fully saturated rings. The second-order valence-electron chi connectivity index (χ2n) is 5.94. The summed E-state index contributed by atoms with van der Waals surface area (Å²) in [6, 6.07) is 6.77. The van der Waals surface area contributed by atoms with Crippen LogP contribution in [0.3, 0.4) is 0 Å². The van der Waals surface area contributed by atoms with Crippen molar-refractivity contribution >= 4 is 5.97 Å². The van der Waals surface area contributed by atoms with Crippen molar-refractivity contribution in [2.24, 2.45) is 0 Å². The summed E-state index contributed by atoms with van der Waals surface area (Å²) in [6.45, 7) is 10.3. The fourth-order valence-corrected chi connectivity index (χ4v) is 2.94. The first-order chi connectivity index (χ1) is 10.1. The lowest BCUT2D eigenvalue weighted by Crippen LogP contribution is -2.46. The number of aryl methyl sites for hydroxylation is 2. The lowest BCUT2D eigenvalue weighted by atomic mass is 10.1. The summed E-state index contributed by atoms with van der Waals surface area (Å²) in [4.78, 5) is 16.0. The number of carbonyl (C=O) groups excluding carboxylic acids is 1. The molecule has 0 aliphatic carbocycles. The Morgan fingerprint density at radius 3 is 2.19 bits per heavy atom. The fraction of sp³-hybridized carbons (Fsp3) is 0.588. The number of esters is 1. The summed E-state index contributed by atoms with van der Waals surface area (Å²) in [5.74, 6) is -0.118. The van der Waals surface area contributed by atoms with Crippen LogP contribution in [-0.2, 0) is 16.1 Å². The molecule has 0 aromatic heterocycles. The third-order valence-electron chi connectivity index (χ3n) is 4.01. The molecule has 116 valence electrons. The quantitative estimate of drug-likeness (QED) is 0.776. The molecule has 0 bridgehead atoms. The van der Waals surface area contributed by atoms with Gasteiger partial charge in [0.15, 0.2) is 0 Å². The molecule has 0 atom stereocenters. The third kappa shape index (κ3) is 5.14. The van der Waals surface area contributed by atoms with Crippen LogP contribution in [0.2, 0.25) is 0 Å². The minimum atomic E-state index is -0.118. The lowest BCUT2D eigenvalue weighted by molar-refractivity contribution is -0.141. The SMILES string of the molecule is COC(=O)CCN1CCN(Cc2cc(C)cc(C)c2)CC1. The van der Waals surface area contributed by atoms with Gasteiger partial charge in [-0.25, -0.2) is 0 Å². The molecular weight excluding hydrogens is 264 g/mol. The van der Waals surface area contributed by atoms with Gasteiger partial charge >= 0.3 is 5.97 Å². The van der Waals surface area contributed by atoms with Crippen molar-refractivity contribution in [3.8, 4) is 0 Å². The van der Waals surface area contributed by atoms with Gasteiger partial charge in [0.05, 0.1) is 13.5 Å². The van der Waals surface area contributed by atoms with E-state index in [1.165, 1.54) is 23.8 Å². The topological polar surface area (TPSA) is 32.8 Å². The average molecular weight is 290 g/mol. The van der Waals surface area contributed by atoms with E-state index in [1.54, 1.807) is 0 Å². The zero-order valence-corrected chi connectivity index (χ0v) is 13.4. The largest absolute Gasteiger partial charge is 0.469 e.